The number of rotatable bonds is 6. The quantitative estimate of drug-likeness (QED) is 0.848. The summed E-state index contributed by atoms with van der Waals surface area (Å²) in [5.74, 6) is 0.103. The zero-order valence-corrected chi connectivity index (χ0v) is 13.4. The maximum Gasteiger partial charge on any atom is 0.224 e. The number of amides is 1. The number of hydrogen-bond donors (Lipinski definition) is 2. The van der Waals surface area contributed by atoms with Gasteiger partial charge in [-0.2, -0.15) is 0 Å². The number of aliphatic hydroxyl groups is 1. The molecule has 0 saturated carbocycles. The van der Waals surface area contributed by atoms with Gasteiger partial charge in [-0.1, -0.05) is 51.4 Å². The molecule has 1 aromatic carbocycles. The second kappa shape index (κ2) is 7.09. The van der Waals surface area contributed by atoms with Crippen molar-refractivity contribution in [3.63, 3.8) is 0 Å². The highest BCUT2D eigenvalue weighted by molar-refractivity contribution is 6.30. The fraction of sp³-hybridized carbons (Fsp3) is 0.562. The Kier molecular flexibility index (Phi) is 6.03. The molecule has 0 radical (unpaired) electrons. The maximum atomic E-state index is 11.9. The lowest BCUT2D eigenvalue weighted by atomic mass is 9.80. The third-order valence-electron chi connectivity index (χ3n) is 3.43. The largest absolute Gasteiger partial charge is 0.392 e. The number of halogens is 1. The number of carbonyl (C=O) groups excluding carboxylic acids is 1. The molecular weight excluding hydrogens is 274 g/mol. The van der Waals surface area contributed by atoms with Gasteiger partial charge in [0.1, 0.15) is 0 Å². The molecule has 1 amide bonds. The van der Waals surface area contributed by atoms with Crippen molar-refractivity contribution in [3.05, 3.63) is 34.9 Å². The van der Waals surface area contributed by atoms with Gasteiger partial charge in [0.05, 0.1) is 12.5 Å². The summed E-state index contributed by atoms with van der Waals surface area (Å²) in [6.45, 7) is 8.31. The zero-order valence-electron chi connectivity index (χ0n) is 12.6. The fourth-order valence-electron chi connectivity index (χ4n) is 2.23. The highest BCUT2D eigenvalue weighted by Crippen LogP contribution is 2.25. The molecule has 1 aromatic rings. The minimum atomic E-state index is -0.450. The van der Waals surface area contributed by atoms with Gasteiger partial charge in [-0.05, 0) is 23.6 Å². The molecule has 1 atom stereocenters. The fourth-order valence-corrected chi connectivity index (χ4v) is 2.44. The molecule has 2 N–H and O–H groups in total. The molecule has 0 spiro atoms. The summed E-state index contributed by atoms with van der Waals surface area (Å²) in [5, 5.41) is 13.6. The Morgan fingerprint density at radius 1 is 1.40 bits per heavy atom. The van der Waals surface area contributed by atoms with E-state index < -0.39 is 6.10 Å². The summed E-state index contributed by atoms with van der Waals surface area (Å²) in [5.41, 5.74) is 0.537. The smallest absolute Gasteiger partial charge is 0.224 e. The molecule has 0 aliphatic heterocycles. The van der Waals surface area contributed by atoms with Crippen LogP contribution < -0.4 is 5.32 Å². The molecule has 0 saturated heterocycles. The Bertz CT molecular complexity index is 458. The molecule has 0 aliphatic rings. The summed E-state index contributed by atoms with van der Waals surface area (Å²) >= 11 is 5.89. The van der Waals surface area contributed by atoms with E-state index >= 15 is 0 Å². The third-order valence-corrected chi connectivity index (χ3v) is 3.66. The Labute approximate surface area is 126 Å². The summed E-state index contributed by atoms with van der Waals surface area (Å²) in [6.07, 6.45) is -0.150. The van der Waals surface area contributed by atoms with Crippen molar-refractivity contribution in [2.75, 3.05) is 6.54 Å². The van der Waals surface area contributed by atoms with Gasteiger partial charge in [-0.25, -0.2) is 0 Å². The molecule has 0 aromatic heterocycles. The van der Waals surface area contributed by atoms with Crippen LogP contribution in [0.4, 0.5) is 0 Å². The first-order valence-corrected chi connectivity index (χ1v) is 7.29. The summed E-state index contributed by atoms with van der Waals surface area (Å²) < 4.78 is 0. The number of hydrogen-bond acceptors (Lipinski definition) is 2. The van der Waals surface area contributed by atoms with Crippen LogP contribution in [0.2, 0.25) is 5.02 Å². The maximum absolute atomic E-state index is 11.9. The van der Waals surface area contributed by atoms with Gasteiger partial charge in [0.2, 0.25) is 5.91 Å². The molecule has 1 rings (SSSR count). The summed E-state index contributed by atoms with van der Waals surface area (Å²) in [4.78, 5) is 11.9. The van der Waals surface area contributed by atoms with E-state index in [-0.39, 0.29) is 17.2 Å². The van der Waals surface area contributed by atoms with E-state index in [0.29, 0.717) is 18.0 Å². The molecule has 0 aliphatic carbocycles. The van der Waals surface area contributed by atoms with Gasteiger partial charge in [-0.15, -0.1) is 0 Å². The van der Waals surface area contributed by atoms with E-state index in [1.807, 2.05) is 39.8 Å². The molecule has 20 heavy (non-hydrogen) atoms. The summed E-state index contributed by atoms with van der Waals surface area (Å²) in [7, 11) is 0. The normalized spacial score (nSPS) is 13.3. The average molecular weight is 298 g/mol. The van der Waals surface area contributed by atoms with Gasteiger partial charge in [0, 0.05) is 17.0 Å². The second-order valence-electron chi connectivity index (χ2n) is 6.26. The minimum absolute atomic E-state index is 0.0590. The van der Waals surface area contributed by atoms with Crippen LogP contribution in [-0.4, -0.2) is 23.7 Å². The predicted molar refractivity (Wildman–Crippen MR) is 82.8 cm³/mol. The Balaban J connectivity index is 2.51. The zero-order chi connectivity index (χ0) is 15.3. The molecule has 4 heteroatoms. The standard InChI is InChI=1S/C16H24ClNO2/c1-11(2)15(20)16(3,4)10-18-14(19)9-12-6-5-7-13(17)8-12/h5-8,11,15,20H,9-10H2,1-4H3,(H,18,19). The van der Waals surface area contributed by atoms with Crippen LogP contribution in [0.5, 0.6) is 0 Å². The Morgan fingerprint density at radius 3 is 2.60 bits per heavy atom. The molecule has 0 fully saturated rings. The number of benzene rings is 1. The van der Waals surface area contributed by atoms with Crippen molar-refractivity contribution >= 4 is 17.5 Å². The van der Waals surface area contributed by atoms with E-state index in [1.54, 1.807) is 12.1 Å². The van der Waals surface area contributed by atoms with Crippen LogP contribution in [-0.2, 0) is 11.2 Å². The lowest BCUT2D eigenvalue weighted by Gasteiger charge is -2.33. The van der Waals surface area contributed by atoms with Crippen LogP contribution >= 0.6 is 11.6 Å². The number of nitrogens with one attached hydrogen (secondary N) is 1. The Morgan fingerprint density at radius 2 is 2.05 bits per heavy atom. The van der Waals surface area contributed by atoms with E-state index in [2.05, 4.69) is 5.32 Å². The molecular formula is C16H24ClNO2. The van der Waals surface area contributed by atoms with Crippen molar-refractivity contribution in [1.82, 2.24) is 5.32 Å². The second-order valence-corrected chi connectivity index (χ2v) is 6.70. The monoisotopic (exact) mass is 297 g/mol. The van der Waals surface area contributed by atoms with Crippen LogP contribution in [0.1, 0.15) is 33.3 Å². The van der Waals surface area contributed by atoms with Gasteiger partial charge in [0.25, 0.3) is 0 Å². The third kappa shape index (κ3) is 5.14. The average Bonchev–Trinajstić information content (AvgIpc) is 2.35. The molecule has 3 nitrogen and oxygen atoms in total. The number of aliphatic hydroxyl groups excluding tert-OH is 1. The van der Waals surface area contributed by atoms with Crippen molar-refractivity contribution in [2.45, 2.75) is 40.2 Å². The van der Waals surface area contributed by atoms with E-state index in [1.165, 1.54) is 0 Å². The first-order chi connectivity index (χ1) is 9.22. The topological polar surface area (TPSA) is 49.3 Å². The van der Waals surface area contributed by atoms with Gasteiger partial charge in [-0.3, -0.25) is 4.79 Å². The van der Waals surface area contributed by atoms with Crippen molar-refractivity contribution < 1.29 is 9.90 Å². The predicted octanol–water partition coefficient (Wildman–Crippen LogP) is 3.04. The van der Waals surface area contributed by atoms with Crippen molar-refractivity contribution in [1.29, 1.82) is 0 Å². The van der Waals surface area contributed by atoms with E-state index in [0.717, 1.165) is 5.56 Å². The highest BCUT2D eigenvalue weighted by Gasteiger charge is 2.30. The first-order valence-electron chi connectivity index (χ1n) is 6.91. The first kappa shape index (κ1) is 17.0. The number of carbonyl (C=O) groups is 1. The van der Waals surface area contributed by atoms with Gasteiger partial charge < -0.3 is 10.4 Å². The van der Waals surface area contributed by atoms with E-state index in [9.17, 15) is 9.90 Å². The lowest BCUT2D eigenvalue weighted by Crippen LogP contribution is -2.43. The van der Waals surface area contributed by atoms with Gasteiger partial charge >= 0.3 is 0 Å². The van der Waals surface area contributed by atoms with Crippen molar-refractivity contribution in [3.8, 4) is 0 Å². The Hall–Kier alpha value is -1.06. The molecule has 0 heterocycles. The molecule has 1 unspecified atom stereocenters. The highest BCUT2D eigenvalue weighted by atomic mass is 35.5. The van der Waals surface area contributed by atoms with Crippen LogP contribution in [0.3, 0.4) is 0 Å². The molecule has 112 valence electrons. The van der Waals surface area contributed by atoms with E-state index in [4.69, 9.17) is 11.6 Å². The minimum Gasteiger partial charge on any atom is -0.392 e. The lowest BCUT2D eigenvalue weighted by molar-refractivity contribution is -0.121. The van der Waals surface area contributed by atoms with Crippen molar-refractivity contribution in [2.24, 2.45) is 11.3 Å². The SMILES string of the molecule is CC(C)C(O)C(C)(C)CNC(=O)Cc1cccc(Cl)c1. The molecule has 0 bridgehead atoms. The van der Waals surface area contributed by atoms with Crippen LogP contribution in [0, 0.1) is 11.3 Å². The van der Waals surface area contributed by atoms with Gasteiger partial charge in [0.15, 0.2) is 0 Å². The van der Waals surface area contributed by atoms with Crippen LogP contribution in [0.15, 0.2) is 24.3 Å². The summed E-state index contributed by atoms with van der Waals surface area (Å²) in [6, 6.07) is 7.28. The van der Waals surface area contributed by atoms with Crippen LogP contribution in [0.25, 0.3) is 0 Å².